The van der Waals surface area contributed by atoms with Gasteiger partial charge in [0.15, 0.2) is 0 Å². The summed E-state index contributed by atoms with van der Waals surface area (Å²) in [5.41, 5.74) is 4.05. The lowest BCUT2D eigenvalue weighted by molar-refractivity contribution is 0.0922. The molecule has 0 spiro atoms. The maximum Gasteiger partial charge on any atom is 0.270 e. The van der Waals surface area contributed by atoms with Crippen molar-refractivity contribution in [2.75, 3.05) is 0 Å². The van der Waals surface area contributed by atoms with E-state index in [0.717, 1.165) is 16.8 Å². The Morgan fingerprint density at radius 2 is 1.79 bits per heavy atom. The molecular weight excluding hydrogens is 353 g/mol. The Morgan fingerprint density at radius 1 is 1.07 bits per heavy atom. The number of nitrogens with one attached hydrogen (secondary N) is 1. The fourth-order valence-electron chi connectivity index (χ4n) is 2.92. The molecule has 0 fully saturated rings. The summed E-state index contributed by atoms with van der Waals surface area (Å²) in [6.07, 6.45) is 0. The lowest BCUT2D eigenvalue weighted by Gasteiger charge is -2.18. The molecule has 1 N–H and O–H groups in total. The van der Waals surface area contributed by atoms with E-state index in [1.807, 2.05) is 39.0 Å². The molecule has 2 aromatic carbocycles. The Morgan fingerprint density at radius 3 is 2.46 bits per heavy atom. The largest absolute Gasteiger partial charge is 0.348 e. The average molecular weight is 379 g/mol. The van der Waals surface area contributed by atoms with Gasteiger partial charge in [0.2, 0.25) is 0 Å². The first-order chi connectivity index (χ1) is 13.3. The number of aromatic nitrogens is 2. The van der Waals surface area contributed by atoms with E-state index in [0.29, 0.717) is 22.9 Å². The van der Waals surface area contributed by atoms with Crippen molar-refractivity contribution in [1.29, 1.82) is 0 Å². The molecule has 28 heavy (non-hydrogen) atoms. The number of amides is 1. The van der Waals surface area contributed by atoms with Crippen LogP contribution in [0.1, 0.15) is 42.4 Å². The number of hydrogen-bond acceptors (Lipinski definition) is 2. The van der Waals surface area contributed by atoms with Crippen molar-refractivity contribution < 1.29 is 9.18 Å². The number of aryl methyl sites for hydroxylation is 2. The molecule has 0 aliphatic carbocycles. The Bertz CT molecular complexity index is 1010. The van der Waals surface area contributed by atoms with Gasteiger partial charge in [0.1, 0.15) is 11.5 Å². The first kappa shape index (κ1) is 19.8. The Kier molecular flexibility index (Phi) is 5.63. The highest BCUT2D eigenvalue weighted by Gasteiger charge is 2.22. The summed E-state index contributed by atoms with van der Waals surface area (Å²) in [5, 5.41) is 7.63. The van der Waals surface area contributed by atoms with E-state index in [-0.39, 0.29) is 17.8 Å². The van der Waals surface area contributed by atoms with Gasteiger partial charge in [0, 0.05) is 11.6 Å². The second-order valence-corrected chi connectivity index (χ2v) is 7.60. The molecule has 146 valence electrons. The van der Waals surface area contributed by atoms with Crippen LogP contribution < -0.4 is 5.32 Å². The van der Waals surface area contributed by atoms with Crippen LogP contribution >= 0.6 is 0 Å². The van der Waals surface area contributed by atoms with Gasteiger partial charge in [-0.15, -0.1) is 0 Å². The minimum atomic E-state index is -0.365. The fourth-order valence-corrected chi connectivity index (χ4v) is 2.92. The second-order valence-electron chi connectivity index (χ2n) is 7.60. The van der Waals surface area contributed by atoms with Gasteiger partial charge in [-0.05, 0) is 62.1 Å². The molecule has 3 aromatic rings. The van der Waals surface area contributed by atoms with Crippen LogP contribution in [0.25, 0.3) is 16.9 Å². The number of halogens is 1. The van der Waals surface area contributed by atoms with Crippen LogP contribution in [-0.2, 0) is 0 Å². The van der Waals surface area contributed by atoms with Gasteiger partial charge in [-0.2, -0.15) is 5.10 Å². The molecular formula is C23H26FN3O. The SMILES string of the molecule is Cc1ccc(C)c(-n2nc(-c3ccccc3F)cc2C(=O)NC(C)C(C)C)c1. The molecule has 0 aliphatic rings. The van der Waals surface area contributed by atoms with E-state index < -0.39 is 0 Å². The minimum absolute atomic E-state index is 0.00590. The van der Waals surface area contributed by atoms with E-state index in [9.17, 15) is 9.18 Å². The van der Waals surface area contributed by atoms with Gasteiger partial charge < -0.3 is 5.32 Å². The number of benzene rings is 2. The van der Waals surface area contributed by atoms with Crippen molar-refractivity contribution in [2.45, 2.75) is 40.7 Å². The van der Waals surface area contributed by atoms with Crippen LogP contribution in [-0.4, -0.2) is 21.7 Å². The molecule has 3 rings (SSSR count). The highest BCUT2D eigenvalue weighted by Crippen LogP contribution is 2.26. The third-order valence-electron chi connectivity index (χ3n) is 5.04. The molecule has 1 heterocycles. The zero-order chi connectivity index (χ0) is 20.4. The zero-order valence-electron chi connectivity index (χ0n) is 17.0. The van der Waals surface area contributed by atoms with E-state index in [2.05, 4.69) is 24.3 Å². The predicted molar refractivity (Wildman–Crippen MR) is 110 cm³/mol. The summed E-state index contributed by atoms with van der Waals surface area (Å²) in [6.45, 7) is 10.0. The zero-order valence-corrected chi connectivity index (χ0v) is 17.0. The summed E-state index contributed by atoms with van der Waals surface area (Å²) < 4.78 is 15.9. The van der Waals surface area contributed by atoms with Crippen LogP contribution in [0, 0.1) is 25.6 Å². The van der Waals surface area contributed by atoms with Gasteiger partial charge >= 0.3 is 0 Å². The van der Waals surface area contributed by atoms with Gasteiger partial charge in [0.05, 0.1) is 11.4 Å². The topological polar surface area (TPSA) is 46.9 Å². The molecule has 0 saturated carbocycles. The van der Waals surface area contributed by atoms with E-state index in [4.69, 9.17) is 0 Å². The maximum absolute atomic E-state index is 14.3. The highest BCUT2D eigenvalue weighted by atomic mass is 19.1. The molecule has 1 aromatic heterocycles. The summed E-state index contributed by atoms with van der Waals surface area (Å²) >= 11 is 0. The standard InChI is InChI=1S/C23H26FN3O/c1-14(2)17(5)25-23(28)22-13-20(18-8-6-7-9-19(18)24)26-27(22)21-12-15(3)10-11-16(21)4/h6-14,17H,1-5H3,(H,25,28). The maximum atomic E-state index is 14.3. The average Bonchev–Trinajstić information content (AvgIpc) is 3.09. The van der Waals surface area contributed by atoms with Gasteiger partial charge in [-0.3, -0.25) is 4.79 Å². The molecule has 1 unspecified atom stereocenters. The van der Waals surface area contributed by atoms with Gasteiger partial charge in [0.25, 0.3) is 5.91 Å². The third-order valence-corrected chi connectivity index (χ3v) is 5.04. The Labute approximate surface area is 165 Å². The number of nitrogens with zero attached hydrogens (tertiary/aromatic N) is 2. The van der Waals surface area contributed by atoms with Crippen molar-refractivity contribution in [3.05, 3.63) is 71.2 Å². The fraction of sp³-hybridized carbons (Fsp3) is 0.304. The van der Waals surface area contributed by atoms with Crippen molar-refractivity contribution in [3.63, 3.8) is 0 Å². The molecule has 0 radical (unpaired) electrons. The van der Waals surface area contributed by atoms with E-state index >= 15 is 0 Å². The van der Waals surface area contributed by atoms with Crippen molar-refractivity contribution in [3.8, 4) is 16.9 Å². The quantitative estimate of drug-likeness (QED) is 0.673. The summed E-state index contributed by atoms with van der Waals surface area (Å²) in [5.74, 6) is -0.292. The number of rotatable bonds is 5. The lowest BCUT2D eigenvalue weighted by atomic mass is 10.1. The predicted octanol–water partition coefficient (Wildman–Crippen LogP) is 5.07. The Hall–Kier alpha value is -2.95. The molecule has 4 nitrogen and oxygen atoms in total. The van der Waals surface area contributed by atoms with Gasteiger partial charge in [-0.1, -0.05) is 38.1 Å². The summed E-state index contributed by atoms with van der Waals surface area (Å²) in [6, 6.07) is 14.1. The van der Waals surface area contributed by atoms with Crippen LogP contribution in [0.5, 0.6) is 0 Å². The summed E-state index contributed by atoms with van der Waals surface area (Å²) in [4.78, 5) is 13.0. The minimum Gasteiger partial charge on any atom is -0.348 e. The first-order valence-corrected chi connectivity index (χ1v) is 9.51. The van der Waals surface area contributed by atoms with Gasteiger partial charge in [-0.25, -0.2) is 9.07 Å². The van der Waals surface area contributed by atoms with E-state index in [1.54, 1.807) is 28.9 Å². The van der Waals surface area contributed by atoms with Crippen molar-refractivity contribution in [2.24, 2.45) is 5.92 Å². The third kappa shape index (κ3) is 3.98. The molecule has 0 saturated heterocycles. The smallest absolute Gasteiger partial charge is 0.270 e. The first-order valence-electron chi connectivity index (χ1n) is 9.51. The number of carbonyl (C=O) groups is 1. The van der Waals surface area contributed by atoms with Crippen LogP contribution in [0.15, 0.2) is 48.5 Å². The number of carbonyl (C=O) groups excluding carboxylic acids is 1. The van der Waals surface area contributed by atoms with Crippen molar-refractivity contribution >= 4 is 5.91 Å². The lowest BCUT2D eigenvalue weighted by Crippen LogP contribution is -2.37. The van der Waals surface area contributed by atoms with Crippen LogP contribution in [0.4, 0.5) is 4.39 Å². The van der Waals surface area contributed by atoms with Crippen molar-refractivity contribution in [1.82, 2.24) is 15.1 Å². The second kappa shape index (κ2) is 7.97. The molecule has 1 amide bonds. The monoisotopic (exact) mass is 379 g/mol. The molecule has 0 aliphatic heterocycles. The highest BCUT2D eigenvalue weighted by molar-refractivity contribution is 5.94. The summed E-state index contributed by atoms with van der Waals surface area (Å²) in [7, 11) is 0. The normalized spacial score (nSPS) is 12.2. The van der Waals surface area contributed by atoms with Crippen LogP contribution in [0.3, 0.4) is 0 Å². The van der Waals surface area contributed by atoms with Crippen LogP contribution in [0.2, 0.25) is 0 Å². The molecule has 0 bridgehead atoms. The molecule has 1 atom stereocenters. The Balaban J connectivity index is 2.15. The molecule has 5 heteroatoms. The number of hydrogen-bond donors (Lipinski definition) is 1. The van der Waals surface area contributed by atoms with E-state index in [1.165, 1.54) is 6.07 Å².